The Labute approximate surface area is 383 Å². The van der Waals surface area contributed by atoms with E-state index in [9.17, 15) is 5.11 Å². The van der Waals surface area contributed by atoms with E-state index < -0.39 is 0 Å². The molecule has 63 heavy (non-hydrogen) atoms. The maximum atomic E-state index is 12.3. The minimum atomic E-state index is -0.385. The maximum Gasteiger partial charge on any atom is 0.148 e. The molecule has 10 rings (SSSR count). The maximum absolute atomic E-state index is 12.3. The van der Waals surface area contributed by atoms with Gasteiger partial charge in [-0.25, -0.2) is 4.98 Å². The van der Waals surface area contributed by atoms with Gasteiger partial charge in [0.25, 0.3) is 0 Å². The number of hydrogen-bond donors (Lipinski definition) is 1. The summed E-state index contributed by atoms with van der Waals surface area (Å²) in [5.41, 5.74) is 12.0. The first-order chi connectivity index (χ1) is 29.7. The summed E-state index contributed by atoms with van der Waals surface area (Å²) in [5.74, 6) is 0.927. The summed E-state index contributed by atoms with van der Waals surface area (Å²) in [5, 5.41) is 16.6. The average molecular weight is 1000 g/mol. The number of fused-ring (bicyclic) bond motifs is 6. The zero-order valence-corrected chi connectivity index (χ0v) is 39.2. The van der Waals surface area contributed by atoms with Crippen LogP contribution in [0.2, 0.25) is 0 Å². The van der Waals surface area contributed by atoms with Crippen LogP contribution in [-0.4, -0.2) is 19.6 Å². The number of rotatable bonds is 6. The second-order valence-electron chi connectivity index (χ2n) is 19.2. The first kappa shape index (κ1) is 42.0. The number of pyridine rings is 1. The van der Waals surface area contributed by atoms with Crippen LogP contribution < -0.4 is 0 Å². The number of imidazole rings is 1. The van der Waals surface area contributed by atoms with E-state index in [1.54, 1.807) is 0 Å². The first-order valence-corrected chi connectivity index (χ1v) is 21.5. The number of furan rings is 1. The number of benzene rings is 7. The fourth-order valence-electron chi connectivity index (χ4n) is 9.06. The number of para-hydroxylation sites is 2. The molecule has 0 fully saturated rings. The second kappa shape index (κ2) is 15.5. The molecule has 6 heteroatoms. The molecule has 0 spiro atoms. The van der Waals surface area contributed by atoms with Crippen molar-refractivity contribution in [2.75, 3.05) is 0 Å². The summed E-state index contributed by atoms with van der Waals surface area (Å²) < 4.78 is 8.73. The Morgan fingerprint density at radius 2 is 1.27 bits per heavy atom. The van der Waals surface area contributed by atoms with E-state index in [4.69, 9.17) is 14.4 Å². The van der Waals surface area contributed by atoms with Crippen molar-refractivity contribution in [3.05, 3.63) is 180 Å². The van der Waals surface area contributed by atoms with E-state index in [0.717, 1.165) is 88.5 Å². The molecule has 1 N–H and O–H groups in total. The van der Waals surface area contributed by atoms with Crippen molar-refractivity contribution in [3.8, 4) is 45.2 Å². The van der Waals surface area contributed by atoms with Crippen LogP contribution in [0.15, 0.2) is 156 Å². The fraction of sp³-hybridized carbons (Fsp3) is 0.193. The third-order valence-corrected chi connectivity index (χ3v) is 12.6. The monoisotopic (exact) mass is 1000 g/mol. The number of aromatic hydroxyl groups is 1. The van der Waals surface area contributed by atoms with Gasteiger partial charge >= 0.3 is 0 Å². The van der Waals surface area contributed by atoms with Crippen LogP contribution in [0.5, 0.6) is 5.75 Å². The van der Waals surface area contributed by atoms with Gasteiger partial charge in [0.2, 0.25) is 0 Å². The summed E-state index contributed by atoms with van der Waals surface area (Å²) >= 11 is 0. The van der Waals surface area contributed by atoms with Gasteiger partial charge < -0.3 is 9.52 Å². The van der Waals surface area contributed by atoms with E-state index >= 15 is 0 Å². The Kier molecular flexibility index (Phi) is 10.3. The first-order valence-electron chi connectivity index (χ1n) is 21.5. The summed E-state index contributed by atoms with van der Waals surface area (Å²) in [7, 11) is 0. The molecule has 0 unspecified atom stereocenters. The molecule has 3 aromatic heterocycles. The standard InChI is InChI=1S/C57H50N3O2.Pt/c1-55(2,3)39-33-44(53(61)45(34-39)56(4,5)6)54-59-52-43(24-17-25-46(52)60(54)41-21-13-10-14-22-41)36-30-37(32-40(31-36)57(7,8)38-19-11-9-12-20-38)51-50-48(28-29-58-51)62-47-27-26-35-18-15-16-23-42(35)49(47)50;/h9-29,31-34,61H,1-8H3;/q-1;. The minimum Gasteiger partial charge on any atom is -0.507 e. The molecule has 0 atom stereocenters. The molecule has 0 saturated heterocycles. The zero-order chi connectivity index (χ0) is 43.1. The van der Waals surface area contributed by atoms with E-state index in [1.165, 1.54) is 5.56 Å². The molecule has 3 heterocycles. The van der Waals surface area contributed by atoms with Crippen LogP contribution in [0.4, 0.5) is 0 Å². The molecular formula is C57H50N3O2Pt-. The molecule has 316 valence electrons. The quantitative estimate of drug-likeness (QED) is 0.169. The fourth-order valence-corrected chi connectivity index (χ4v) is 9.06. The molecule has 0 aliphatic heterocycles. The van der Waals surface area contributed by atoms with Crippen molar-refractivity contribution in [1.82, 2.24) is 14.5 Å². The Bertz CT molecular complexity index is 3350. The molecule has 0 bridgehead atoms. The van der Waals surface area contributed by atoms with Gasteiger partial charge in [-0.1, -0.05) is 164 Å². The summed E-state index contributed by atoms with van der Waals surface area (Å²) in [4.78, 5) is 10.7. The third-order valence-electron chi connectivity index (χ3n) is 12.6. The SMILES string of the molecule is CC(C)(C)c1cc(-c2nc3c(-c4[c-]c(-c5nccc6oc7ccc8ccccc8c7c56)cc(C(C)(C)c5ccccc5)c4)cccc3n2-c2ccccc2)c(O)c(C(C)(C)C)c1.[Pt]. The number of aromatic nitrogens is 3. The van der Waals surface area contributed by atoms with Gasteiger partial charge in [0.1, 0.15) is 22.7 Å². The Morgan fingerprint density at radius 3 is 2.00 bits per heavy atom. The molecule has 5 nitrogen and oxygen atoms in total. The van der Waals surface area contributed by atoms with Gasteiger partial charge in [-0.3, -0.25) is 9.55 Å². The number of hydrogen-bond acceptors (Lipinski definition) is 4. The number of phenolic OH excluding ortho intramolecular Hbond substituents is 1. The van der Waals surface area contributed by atoms with Gasteiger partial charge in [0, 0.05) is 60.4 Å². The van der Waals surface area contributed by atoms with Gasteiger partial charge in [-0.2, -0.15) is 0 Å². The van der Waals surface area contributed by atoms with Crippen molar-refractivity contribution >= 4 is 43.7 Å². The number of phenols is 1. The van der Waals surface area contributed by atoms with Crippen molar-refractivity contribution in [2.24, 2.45) is 0 Å². The van der Waals surface area contributed by atoms with E-state index in [0.29, 0.717) is 11.4 Å². The molecule has 0 amide bonds. The van der Waals surface area contributed by atoms with Crippen LogP contribution in [0.25, 0.3) is 83.2 Å². The van der Waals surface area contributed by atoms with Crippen LogP contribution in [0, 0.1) is 6.07 Å². The van der Waals surface area contributed by atoms with Crippen molar-refractivity contribution in [2.45, 2.75) is 71.6 Å². The third kappa shape index (κ3) is 7.17. The topological polar surface area (TPSA) is 64.1 Å². The average Bonchev–Trinajstić information content (AvgIpc) is 3.85. The van der Waals surface area contributed by atoms with Gasteiger partial charge in [0.15, 0.2) is 0 Å². The Balaban J connectivity index is 0.00000504. The summed E-state index contributed by atoms with van der Waals surface area (Å²) in [6.45, 7) is 17.7. The summed E-state index contributed by atoms with van der Waals surface area (Å²) in [6.07, 6.45) is 1.84. The van der Waals surface area contributed by atoms with Crippen LogP contribution >= 0.6 is 0 Å². The Morgan fingerprint density at radius 1 is 0.587 bits per heavy atom. The van der Waals surface area contributed by atoms with E-state index in [2.05, 4.69) is 187 Å². The second-order valence-corrected chi connectivity index (χ2v) is 19.2. The van der Waals surface area contributed by atoms with Gasteiger partial charge in [-0.15, -0.1) is 29.3 Å². The molecule has 7 aromatic carbocycles. The predicted molar refractivity (Wildman–Crippen MR) is 256 cm³/mol. The van der Waals surface area contributed by atoms with Crippen molar-refractivity contribution in [1.29, 1.82) is 0 Å². The normalized spacial score (nSPS) is 12.4. The molecule has 0 aliphatic carbocycles. The van der Waals surface area contributed by atoms with E-state index in [-0.39, 0.29) is 43.1 Å². The molecule has 0 aliphatic rings. The predicted octanol–water partition coefficient (Wildman–Crippen LogP) is 14.9. The minimum absolute atomic E-state index is 0. The molecule has 0 radical (unpaired) electrons. The zero-order valence-electron chi connectivity index (χ0n) is 36.9. The van der Waals surface area contributed by atoms with Gasteiger partial charge in [-0.05, 0) is 69.1 Å². The number of nitrogens with zero attached hydrogens (tertiary/aromatic N) is 3. The molecule has 10 aromatic rings. The van der Waals surface area contributed by atoms with Crippen molar-refractivity contribution < 1.29 is 30.6 Å². The van der Waals surface area contributed by atoms with Crippen molar-refractivity contribution in [3.63, 3.8) is 0 Å². The Hall–Kier alpha value is -6.29. The van der Waals surface area contributed by atoms with Crippen LogP contribution in [0.1, 0.15) is 77.6 Å². The van der Waals surface area contributed by atoms with Gasteiger partial charge in [0.05, 0.1) is 16.6 Å². The molecule has 0 saturated carbocycles. The molecular weight excluding hydrogens is 954 g/mol. The smallest absolute Gasteiger partial charge is 0.148 e. The largest absolute Gasteiger partial charge is 0.507 e. The van der Waals surface area contributed by atoms with Crippen LogP contribution in [-0.2, 0) is 37.3 Å². The van der Waals surface area contributed by atoms with Crippen LogP contribution in [0.3, 0.4) is 0 Å². The van der Waals surface area contributed by atoms with E-state index in [1.807, 2.05) is 30.5 Å². The summed E-state index contributed by atoms with van der Waals surface area (Å²) in [6, 6.07) is 54.7.